The highest BCUT2D eigenvalue weighted by molar-refractivity contribution is 14.1. The van der Waals surface area contributed by atoms with Crippen molar-refractivity contribution in [2.24, 2.45) is 0 Å². The molecule has 1 saturated heterocycles. The minimum atomic E-state index is 0.111. The third kappa shape index (κ3) is 3.70. The van der Waals surface area contributed by atoms with E-state index in [4.69, 9.17) is 0 Å². The van der Waals surface area contributed by atoms with Crippen LogP contribution in [0.2, 0.25) is 0 Å². The lowest BCUT2D eigenvalue weighted by atomic mass is 10.0. The first-order valence-corrected chi connectivity index (χ1v) is 8.27. The first kappa shape index (κ1) is 15.3. The van der Waals surface area contributed by atoms with Gasteiger partial charge in [0.15, 0.2) is 0 Å². The summed E-state index contributed by atoms with van der Waals surface area (Å²) >= 11 is 5.71. The van der Waals surface area contributed by atoms with Gasteiger partial charge in [0.25, 0.3) is 5.91 Å². The number of carbonyl (C=O) groups is 1. The van der Waals surface area contributed by atoms with Crippen LogP contribution in [0.4, 0.5) is 0 Å². The third-order valence-electron chi connectivity index (χ3n) is 3.71. The minimum Gasteiger partial charge on any atom is -0.339 e. The van der Waals surface area contributed by atoms with Crippen LogP contribution in [-0.2, 0) is 0 Å². The van der Waals surface area contributed by atoms with Crippen LogP contribution >= 0.6 is 38.5 Å². The highest BCUT2D eigenvalue weighted by Crippen LogP contribution is 2.23. The van der Waals surface area contributed by atoms with E-state index in [2.05, 4.69) is 50.5 Å². The molecule has 0 aromatic heterocycles. The monoisotopic (exact) mass is 436 g/mol. The first-order chi connectivity index (χ1) is 8.99. The Bertz CT molecular complexity index is 473. The minimum absolute atomic E-state index is 0.111. The van der Waals surface area contributed by atoms with Gasteiger partial charge in [-0.25, -0.2) is 0 Å². The summed E-state index contributed by atoms with van der Waals surface area (Å²) in [5.41, 5.74) is 0.758. The van der Waals surface area contributed by atoms with E-state index in [9.17, 15) is 4.79 Å². The summed E-state index contributed by atoms with van der Waals surface area (Å²) in [6.07, 6.45) is 2.11. The Balaban J connectivity index is 2.12. The molecule has 19 heavy (non-hydrogen) atoms. The zero-order valence-electron chi connectivity index (χ0n) is 11.2. The van der Waals surface area contributed by atoms with Gasteiger partial charge in [0.05, 0.1) is 5.56 Å². The summed E-state index contributed by atoms with van der Waals surface area (Å²) in [6, 6.07) is 6.24. The quantitative estimate of drug-likeness (QED) is 0.664. The summed E-state index contributed by atoms with van der Waals surface area (Å²) in [7, 11) is 4.05. The molecule has 0 N–H and O–H groups in total. The largest absolute Gasteiger partial charge is 0.339 e. The lowest BCUT2D eigenvalue weighted by molar-refractivity contribution is 0.0658. The molecule has 5 heteroatoms. The second-order valence-electron chi connectivity index (χ2n) is 5.07. The molecule has 1 heterocycles. The van der Waals surface area contributed by atoms with E-state index in [0.29, 0.717) is 6.04 Å². The topological polar surface area (TPSA) is 23.6 Å². The molecular formula is C14H18BrIN2O. The van der Waals surface area contributed by atoms with Crippen molar-refractivity contribution >= 4 is 44.4 Å². The predicted octanol–water partition coefficient (Wildman–Crippen LogP) is 3.22. The zero-order chi connectivity index (χ0) is 14.0. The Hall–Kier alpha value is -0.140. The molecule has 0 atom stereocenters. The number of rotatable bonds is 2. The molecule has 0 bridgehead atoms. The highest BCUT2D eigenvalue weighted by Gasteiger charge is 2.25. The number of hydrogen-bond acceptors (Lipinski definition) is 2. The van der Waals surface area contributed by atoms with Gasteiger partial charge in [-0.3, -0.25) is 4.79 Å². The smallest absolute Gasteiger partial charge is 0.255 e. The van der Waals surface area contributed by atoms with Crippen molar-refractivity contribution < 1.29 is 4.79 Å². The van der Waals surface area contributed by atoms with E-state index in [1.165, 1.54) is 0 Å². The van der Waals surface area contributed by atoms with Gasteiger partial charge in [-0.15, -0.1) is 0 Å². The van der Waals surface area contributed by atoms with Crippen LogP contribution in [-0.4, -0.2) is 48.9 Å². The number of piperidine rings is 1. The predicted molar refractivity (Wildman–Crippen MR) is 89.5 cm³/mol. The highest BCUT2D eigenvalue weighted by atomic mass is 127. The standard InChI is InChI=1S/C14H18BrIN2O/c1-17-7-5-11(6-8-17)18(2)14(19)12-9-10(16)3-4-13(12)15/h3-4,9,11H,5-8H2,1-2H3. The van der Waals surface area contributed by atoms with Crippen molar-refractivity contribution in [1.82, 2.24) is 9.80 Å². The summed E-state index contributed by atoms with van der Waals surface area (Å²) < 4.78 is 1.96. The number of likely N-dealkylation sites (tertiary alicyclic amines) is 1. The first-order valence-electron chi connectivity index (χ1n) is 6.40. The second-order valence-corrected chi connectivity index (χ2v) is 7.17. The maximum Gasteiger partial charge on any atom is 0.255 e. The third-order valence-corrected chi connectivity index (χ3v) is 5.08. The van der Waals surface area contributed by atoms with Crippen molar-refractivity contribution in [3.63, 3.8) is 0 Å². The lowest BCUT2D eigenvalue weighted by Crippen LogP contribution is -2.44. The van der Waals surface area contributed by atoms with Crippen LogP contribution in [0.3, 0.4) is 0 Å². The van der Waals surface area contributed by atoms with Crippen LogP contribution in [0.1, 0.15) is 23.2 Å². The van der Waals surface area contributed by atoms with Crippen LogP contribution in [0.15, 0.2) is 22.7 Å². The van der Waals surface area contributed by atoms with E-state index in [1.807, 2.05) is 30.1 Å². The molecule has 1 fully saturated rings. The average molecular weight is 437 g/mol. The Morgan fingerprint density at radius 2 is 2.05 bits per heavy atom. The van der Waals surface area contributed by atoms with Gasteiger partial charge in [0.1, 0.15) is 0 Å². The molecule has 0 spiro atoms. The fourth-order valence-electron chi connectivity index (χ4n) is 2.40. The van der Waals surface area contributed by atoms with Gasteiger partial charge in [-0.2, -0.15) is 0 Å². The molecule has 0 unspecified atom stereocenters. The van der Waals surface area contributed by atoms with Gasteiger partial charge in [-0.05, 0) is 89.7 Å². The Morgan fingerprint density at radius 3 is 2.68 bits per heavy atom. The van der Waals surface area contributed by atoms with E-state index in [1.54, 1.807) is 0 Å². The van der Waals surface area contributed by atoms with Crippen LogP contribution < -0.4 is 0 Å². The van der Waals surface area contributed by atoms with Crippen molar-refractivity contribution in [3.8, 4) is 0 Å². The van der Waals surface area contributed by atoms with Gasteiger partial charge >= 0.3 is 0 Å². The second kappa shape index (κ2) is 6.54. The molecule has 1 aromatic carbocycles. The average Bonchev–Trinajstić information content (AvgIpc) is 2.41. The van der Waals surface area contributed by atoms with E-state index >= 15 is 0 Å². The van der Waals surface area contributed by atoms with Crippen LogP contribution in [0, 0.1) is 3.57 Å². The van der Waals surface area contributed by atoms with Crippen LogP contribution in [0.5, 0.6) is 0 Å². The Labute approximate surface area is 136 Å². The fraction of sp³-hybridized carbons (Fsp3) is 0.500. The molecule has 104 valence electrons. The van der Waals surface area contributed by atoms with Crippen LogP contribution in [0.25, 0.3) is 0 Å². The normalized spacial score (nSPS) is 17.5. The molecule has 1 aliphatic rings. The fourth-order valence-corrected chi connectivity index (χ4v) is 3.31. The molecule has 0 aliphatic carbocycles. The van der Waals surface area contributed by atoms with Crippen molar-refractivity contribution in [1.29, 1.82) is 0 Å². The number of benzene rings is 1. The molecule has 1 aromatic rings. The van der Waals surface area contributed by atoms with Crippen molar-refractivity contribution in [3.05, 3.63) is 31.8 Å². The molecule has 1 aliphatic heterocycles. The van der Waals surface area contributed by atoms with Gasteiger partial charge < -0.3 is 9.80 Å². The molecular weight excluding hydrogens is 419 g/mol. The molecule has 0 radical (unpaired) electrons. The van der Waals surface area contributed by atoms with E-state index in [0.717, 1.165) is 39.5 Å². The van der Waals surface area contributed by atoms with E-state index < -0.39 is 0 Å². The molecule has 2 rings (SSSR count). The van der Waals surface area contributed by atoms with Crippen molar-refractivity contribution in [2.75, 3.05) is 27.2 Å². The summed E-state index contributed by atoms with van der Waals surface area (Å²) in [5, 5.41) is 0. The number of nitrogens with zero attached hydrogens (tertiary/aromatic N) is 2. The van der Waals surface area contributed by atoms with Gasteiger partial charge in [0.2, 0.25) is 0 Å². The summed E-state index contributed by atoms with van der Waals surface area (Å²) in [6.45, 7) is 2.13. The van der Waals surface area contributed by atoms with E-state index in [-0.39, 0.29) is 5.91 Å². The number of hydrogen-bond donors (Lipinski definition) is 0. The van der Waals surface area contributed by atoms with Gasteiger partial charge in [0, 0.05) is 21.1 Å². The molecule has 3 nitrogen and oxygen atoms in total. The Morgan fingerprint density at radius 1 is 1.42 bits per heavy atom. The Kier molecular flexibility index (Phi) is 5.25. The number of carbonyl (C=O) groups excluding carboxylic acids is 1. The SMILES string of the molecule is CN1CCC(N(C)C(=O)c2cc(I)ccc2Br)CC1. The maximum atomic E-state index is 12.6. The zero-order valence-corrected chi connectivity index (χ0v) is 14.9. The molecule has 0 saturated carbocycles. The lowest BCUT2D eigenvalue weighted by Gasteiger charge is -2.35. The van der Waals surface area contributed by atoms with Crippen molar-refractivity contribution in [2.45, 2.75) is 18.9 Å². The number of amides is 1. The summed E-state index contributed by atoms with van der Waals surface area (Å²) in [5.74, 6) is 0.111. The van der Waals surface area contributed by atoms with Gasteiger partial charge in [-0.1, -0.05) is 0 Å². The maximum absolute atomic E-state index is 12.6. The summed E-state index contributed by atoms with van der Waals surface area (Å²) in [4.78, 5) is 16.8. The molecule has 1 amide bonds. The number of halogens is 2.